The Morgan fingerprint density at radius 3 is 2.87 bits per heavy atom. The Balaban J connectivity index is 1.82. The van der Waals surface area contributed by atoms with Gasteiger partial charge in [-0.25, -0.2) is 0 Å². The van der Waals surface area contributed by atoms with E-state index in [1.165, 1.54) is 23.1 Å². The molecule has 1 N–H and O–H groups in total. The number of nitrogens with zero attached hydrogens (tertiary/aromatic N) is 1. The summed E-state index contributed by atoms with van der Waals surface area (Å²) in [6.07, 6.45) is 4.14. The average Bonchev–Trinajstić information content (AvgIpc) is 2.54. The van der Waals surface area contributed by atoms with Crippen LogP contribution in [0.5, 0.6) is 5.75 Å². The summed E-state index contributed by atoms with van der Waals surface area (Å²) < 4.78 is 5.52. The molecule has 23 heavy (non-hydrogen) atoms. The summed E-state index contributed by atoms with van der Waals surface area (Å²) in [6.45, 7) is 8.81. The van der Waals surface area contributed by atoms with Gasteiger partial charge in [-0.2, -0.15) is 0 Å². The second-order valence-electron chi connectivity index (χ2n) is 7.59. The summed E-state index contributed by atoms with van der Waals surface area (Å²) >= 11 is 0. The van der Waals surface area contributed by atoms with E-state index in [0.29, 0.717) is 17.9 Å². The molecule has 0 amide bonds. The van der Waals surface area contributed by atoms with Gasteiger partial charge in [0, 0.05) is 19.1 Å². The number of aliphatic hydroxyl groups excluding tert-OH is 1. The molecule has 4 unspecified atom stereocenters. The van der Waals surface area contributed by atoms with Gasteiger partial charge in [0.1, 0.15) is 5.75 Å². The Morgan fingerprint density at radius 2 is 2.17 bits per heavy atom. The molecule has 1 fully saturated rings. The monoisotopic (exact) mass is 317 g/mol. The molecule has 2 aliphatic heterocycles. The van der Waals surface area contributed by atoms with Crippen LogP contribution in [0.25, 0.3) is 0 Å². The van der Waals surface area contributed by atoms with Crippen LogP contribution >= 0.6 is 0 Å². The maximum absolute atomic E-state index is 10.7. The van der Waals surface area contributed by atoms with Crippen molar-refractivity contribution in [3.05, 3.63) is 28.8 Å². The first-order valence-corrected chi connectivity index (χ1v) is 9.13. The number of benzene rings is 1. The van der Waals surface area contributed by atoms with E-state index in [1.54, 1.807) is 7.11 Å². The summed E-state index contributed by atoms with van der Waals surface area (Å²) in [7, 11) is 1.74. The summed E-state index contributed by atoms with van der Waals surface area (Å²) in [6, 6.07) is 4.85. The molecule has 3 rings (SSSR count). The van der Waals surface area contributed by atoms with Crippen LogP contribution in [-0.4, -0.2) is 36.3 Å². The number of rotatable bonds is 4. The van der Waals surface area contributed by atoms with Crippen LogP contribution in [0.1, 0.15) is 55.8 Å². The third-order valence-corrected chi connectivity index (χ3v) is 6.00. The summed E-state index contributed by atoms with van der Waals surface area (Å²) in [4.78, 5) is 2.59. The molecule has 0 aliphatic carbocycles. The first-order chi connectivity index (χ1) is 11.0. The van der Waals surface area contributed by atoms with Gasteiger partial charge in [-0.3, -0.25) is 4.90 Å². The van der Waals surface area contributed by atoms with Gasteiger partial charge in [0.2, 0.25) is 0 Å². The Morgan fingerprint density at radius 1 is 1.39 bits per heavy atom. The Labute approximate surface area is 140 Å². The maximum Gasteiger partial charge on any atom is 0.122 e. The quantitative estimate of drug-likeness (QED) is 0.918. The maximum atomic E-state index is 10.7. The van der Waals surface area contributed by atoms with E-state index >= 15 is 0 Å². The fraction of sp³-hybridized carbons (Fsp3) is 0.700. The van der Waals surface area contributed by atoms with Crippen molar-refractivity contribution in [3.8, 4) is 5.75 Å². The van der Waals surface area contributed by atoms with Gasteiger partial charge in [-0.1, -0.05) is 26.3 Å². The summed E-state index contributed by atoms with van der Waals surface area (Å²) in [5.74, 6) is 2.10. The highest BCUT2D eigenvalue weighted by Gasteiger charge is 2.38. The smallest absolute Gasteiger partial charge is 0.122 e. The van der Waals surface area contributed by atoms with Crippen molar-refractivity contribution in [1.29, 1.82) is 0 Å². The number of aryl methyl sites for hydroxylation is 1. The molecule has 4 atom stereocenters. The summed E-state index contributed by atoms with van der Waals surface area (Å²) in [5, 5.41) is 10.7. The molecule has 1 aromatic rings. The van der Waals surface area contributed by atoms with Crippen molar-refractivity contribution in [1.82, 2.24) is 4.90 Å². The van der Waals surface area contributed by atoms with Crippen molar-refractivity contribution in [2.45, 2.75) is 58.6 Å². The number of aliphatic hydroxyl groups is 1. The van der Waals surface area contributed by atoms with Gasteiger partial charge >= 0.3 is 0 Å². The van der Waals surface area contributed by atoms with Crippen LogP contribution in [0.4, 0.5) is 0 Å². The highest BCUT2D eigenvalue weighted by atomic mass is 16.5. The molecular weight excluding hydrogens is 286 g/mol. The number of ether oxygens (including phenoxy) is 1. The van der Waals surface area contributed by atoms with E-state index in [9.17, 15) is 5.11 Å². The molecule has 0 spiro atoms. The van der Waals surface area contributed by atoms with E-state index in [2.05, 4.69) is 37.8 Å². The van der Waals surface area contributed by atoms with E-state index in [-0.39, 0.29) is 6.10 Å². The van der Waals surface area contributed by atoms with Crippen LogP contribution in [0.15, 0.2) is 12.1 Å². The predicted octanol–water partition coefficient (Wildman–Crippen LogP) is 3.72. The minimum atomic E-state index is -0.177. The number of hydrogen-bond acceptors (Lipinski definition) is 3. The second-order valence-corrected chi connectivity index (χ2v) is 7.59. The molecule has 1 aromatic carbocycles. The fourth-order valence-electron chi connectivity index (χ4n) is 4.38. The van der Waals surface area contributed by atoms with E-state index in [4.69, 9.17) is 4.74 Å². The lowest BCUT2D eigenvalue weighted by Gasteiger charge is -2.46. The van der Waals surface area contributed by atoms with Crippen molar-refractivity contribution in [2.24, 2.45) is 11.8 Å². The van der Waals surface area contributed by atoms with Crippen LogP contribution in [-0.2, 0) is 6.42 Å². The van der Waals surface area contributed by atoms with Crippen LogP contribution < -0.4 is 4.74 Å². The third-order valence-electron chi connectivity index (χ3n) is 6.00. The van der Waals surface area contributed by atoms with Crippen molar-refractivity contribution < 1.29 is 9.84 Å². The van der Waals surface area contributed by atoms with Gasteiger partial charge in [-0.15, -0.1) is 0 Å². The number of fused-ring (bicyclic) bond motifs is 3. The molecule has 3 nitrogen and oxygen atoms in total. The second kappa shape index (κ2) is 6.82. The van der Waals surface area contributed by atoms with E-state index in [1.807, 2.05) is 0 Å². The lowest BCUT2D eigenvalue weighted by molar-refractivity contribution is -0.0200. The standard InChI is InChI=1S/C20H31NO2/c1-5-13(2)8-16-12-21-7-6-15-9-14(3)20(23-4)10-17(15)18(21)11-19(16)22/h9-10,13,16,18-19,22H,5-8,11-12H2,1-4H3. The van der Waals surface area contributed by atoms with Gasteiger partial charge in [0.05, 0.1) is 13.2 Å². The normalized spacial score (nSPS) is 28.8. The first-order valence-electron chi connectivity index (χ1n) is 9.13. The Kier molecular flexibility index (Phi) is 4.98. The fourth-order valence-corrected chi connectivity index (χ4v) is 4.38. The SMILES string of the molecule is CCC(C)CC1CN2CCc3cc(C)c(OC)cc3C2CC1O. The minimum absolute atomic E-state index is 0.177. The van der Waals surface area contributed by atoms with Gasteiger partial charge < -0.3 is 9.84 Å². The molecule has 1 saturated heterocycles. The van der Waals surface area contributed by atoms with Gasteiger partial charge in [0.15, 0.2) is 0 Å². The van der Waals surface area contributed by atoms with Crippen molar-refractivity contribution >= 4 is 0 Å². The molecule has 0 bridgehead atoms. The number of methoxy groups -OCH3 is 1. The van der Waals surface area contributed by atoms with Crippen molar-refractivity contribution in [3.63, 3.8) is 0 Å². The molecule has 3 heteroatoms. The largest absolute Gasteiger partial charge is 0.496 e. The zero-order valence-electron chi connectivity index (χ0n) is 15.0. The highest BCUT2D eigenvalue weighted by Crippen LogP contribution is 2.42. The number of hydrogen-bond donors (Lipinski definition) is 1. The van der Waals surface area contributed by atoms with Gasteiger partial charge in [-0.05, 0) is 60.8 Å². The zero-order chi connectivity index (χ0) is 16.6. The topological polar surface area (TPSA) is 32.7 Å². The Bertz CT molecular complexity index is 557. The predicted molar refractivity (Wildman–Crippen MR) is 93.9 cm³/mol. The lowest BCUT2D eigenvalue weighted by atomic mass is 9.78. The van der Waals surface area contributed by atoms with Crippen LogP contribution in [0, 0.1) is 18.8 Å². The molecule has 2 heterocycles. The van der Waals surface area contributed by atoms with Crippen molar-refractivity contribution in [2.75, 3.05) is 20.2 Å². The van der Waals surface area contributed by atoms with Crippen LogP contribution in [0.2, 0.25) is 0 Å². The average molecular weight is 317 g/mol. The lowest BCUT2D eigenvalue weighted by Crippen LogP contribution is -2.48. The van der Waals surface area contributed by atoms with E-state index < -0.39 is 0 Å². The molecule has 0 saturated carbocycles. The minimum Gasteiger partial charge on any atom is -0.496 e. The Hall–Kier alpha value is -1.06. The zero-order valence-corrected chi connectivity index (χ0v) is 15.0. The number of piperidine rings is 1. The first kappa shape index (κ1) is 16.8. The summed E-state index contributed by atoms with van der Waals surface area (Å²) in [5.41, 5.74) is 4.03. The van der Waals surface area contributed by atoms with Gasteiger partial charge in [0.25, 0.3) is 0 Å². The van der Waals surface area contributed by atoms with Crippen LogP contribution in [0.3, 0.4) is 0 Å². The van der Waals surface area contributed by atoms with E-state index in [0.717, 1.165) is 38.1 Å². The molecule has 0 aromatic heterocycles. The molecular formula is C20H31NO2. The molecule has 2 aliphatic rings. The highest BCUT2D eigenvalue weighted by molar-refractivity contribution is 5.45. The molecule has 128 valence electrons. The third kappa shape index (κ3) is 3.27. The molecule has 0 radical (unpaired) electrons.